The lowest BCUT2D eigenvalue weighted by Gasteiger charge is -2.16. The van der Waals surface area contributed by atoms with Gasteiger partial charge in [0.15, 0.2) is 0 Å². The monoisotopic (exact) mass is 432 g/mol. The van der Waals surface area contributed by atoms with Gasteiger partial charge in [0.25, 0.3) is 5.56 Å². The molecule has 0 amide bonds. The van der Waals surface area contributed by atoms with Gasteiger partial charge in [-0.15, -0.1) is 0 Å². The molecule has 2 heterocycles. The van der Waals surface area contributed by atoms with Crippen LogP contribution in [-0.2, 0) is 22.6 Å². The Labute approximate surface area is 184 Å². The number of aromatic nitrogens is 2. The van der Waals surface area contributed by atoms with Crippen LogP contribution in [0, 0.1) is 0 Å². The van der Waals surface area contributed by atoms with Crippen LogP contribution in [0.15, 0.2) is 89.9 Å². The molecule has 0 aliphatic carbocycles. The summed E-state index contributed by atoms with van der Waals surface area (Å²) in [5.74, 6) is -0.734. The highest BCUT2D eigenvalue weighted by Crippen LogP contribution is 2.24. The Balaban J connectivity index is 1.50. The Morgan fingerprint density at radius 1 is 1.00 bits per heavy atom. The molecule has 0 N–H and O–H groups in total. The molecular weight excluding hydrogens is 412 g/mol. The lowest BCUT2D eigenvalue weighted by Crippen LogP contribution is -2.19. The van der Waals surface area contributed by atoms with Gasteiger partial charge in [0.2, 0.25) is 0 Å². The zero-order chi connectivity index (χ0) is 21.6. The van der Waals surface area contributed by atoms with Crippen LogP contribution >= 0.6 is 11.6 Å². The van der Waals surface area contributed by atoms with Crippen molar-refractivity contribution in [1.29, 1.82) is 0 Å². The molecule has 156 valence electrons. The van der Waals surface area contributed by atoms with E-state index in [9.17, 15) is 9.59 Å². The summed E-state index contributed by atoms with van der Waals surface area (Å²) < 4.78 is 6.95. The van der Waals surface area contributed by atoms with Gasteiger partial charge < -0.3 is 4.74 Å². The second-order valence-electron chi connectivity index (χ2n) is 7.26. The summed E-state index contributed by atoms with van der Waals surface area (Å²) in [7, 11) is 0. The molecule has 0 radical (unpaired) electrons. The first kappa shape index (κ1) is 20.8. The Kier molecular flexibility index (Phi) is 6.43. The van der Waals surface area contributed by atoms with E-state index in [1.807, 2.05) is 60.7 Å². The van der Waals surface area contributed by atoms with E-state index in [1.54, 1.807) is 12.1 Å². The van der Waals surface area contributed by atoms with E-state index in [-0.39, 0.29) is 18.1 Å². The summed E-state index contributed by atoms with van der Waals surface area (Å²) in [5, 5.41) is 0.444. The highest BCUT2D eigenvalue weighted by Gasteiger charge is 2.22. The van der Waals surface area contributed by atoms with Crippen LogP contribution in [0.25, 0.3) is 5.65 Å². The average Bonchev–Trinajstić information content (AvgIpc) is 2.80. The Hall–Kier alpha value is -3.44. The van der Waals surface area contributed by atoms with Gasteiger partial charge in [-0.3, -0.25) is 14.0 Å². The van der Waals surface area contributed by atoms with E-state index >= 15 is 0 Å². The minimum absolute atomic E-state index is 0.0676. The van der Waals surface area contributed by atoms with E-state index in [4.69, 9.17) is 16.3 Å². The average molecular weight is 433 g/mol. The normalized spacial score (nSPS) is 11.9. The van der Waals surface area contributed by atoms with Crippen LogP contribution in [-0.4, -0.2) is 15.4 Å². The molecule has 1 unspecified atom stereocenters. The topological polar surface area (TPSA) is 60.7 Å². The summed E-state index contributed by atoms with van der Waals surface area (Å²) in [5.41, 5.74) is 2.65. The van der Waals surface area contributed by atoms with E-state index in [2.05, 4.69) is 4.98 Å². The molecule has 0 aliphatic heterocycles. The standard InChI is InChI=1S/C25H21ClN2O3/c26-20-12-14-23-27-21(15-24(29)28(23)16-20)17-31-25(30)22(19-9-5-2-6-10-19)13-11-18-7-3-1-4-8-18/h1-10,12,14-16,22H,11,13,17H2. The number of halogens is 1. The van der Waals surface area contributed by atoms with Crippen molar-refractivity contribution in [2.75, 3.05) is 0 Å². The summed E-state index contributed by atoms with van der Waals surface area (Å²) in [6.07, 6.45) is 2.89. The number of fused-ring (bicyclic) bond motifs is 1. The molecule has 0 spiro atoms. The van der Waals surface area contributed by atoms with Crippen LogP contribution in [0.1, 0.15) is 29.2 Å². The molecule has 0 aliphatic rings. The molecule has 31 heavy (non-hydrogen) atoms. The van der Waals surface area contributed by atoms with Crippen molar-refractivity contribution in [3.8, 4) is 0 Å². The molecule has 4 rings (SSSR count). The van der Waals surface area contributed by atoms with E-state index < -0.39 is 5.92 Å². The van der Waals surface area contributed by atoms with Crippen molar-refractivity contribution in [3.63, 3.8) is 0 Å². The summed E-state index contributed by atoms with van der Waals surface area (Å²) in [6, 6.07) is 24.3. The number of nitrogens with zero attached hydrogens (tertiary/aromatic N) is 2. The van der Waals surface area contributed by atoms with Gasteiger partial charge >= 0.3 is 5.97 Å². The van der Waals surface area contributed by atoms with Crippen LogP contribution in [0.4, 0.5) is 0 Å². The number of esters is 1. The van der Waals surface area contributed by atoms with Gasteiger partial charge in [-0.1, -0.05) is 72.3 Å². The molecule has 5 nitrogen and oxygen atoms in total. The van der Waals surface area contributed by atoms with Gasteiger partial charge in [-0.25, -0.2) is 4.98 Å². The van der Waals surface area contributed by atoms with Crippen molar-refractivity contribution < 1.29 is 9.53 Å². The van der Waals surface area contributed by atoms with Gasteiger partial charge in [0.1, 0.15) is 12.3 Å². The predicted octanol–water partition coefficient (Wildman–Crippen LogP) is 4.81. The molecule has 4 aromatic rings. The third-order valence-corrected chi connectivity index (χ3v) is 5.31. The molecule has 0 bridgehead atoms. The number of pyridine rings is 1. The van der Waals surface area contributed by atoms with Crippen molar-refractivity contribution in [1.82, 2.24) is 9.38 Å². The fraction of sp³-hybridized carbons (Fsp3) is 0.160. The number of rotatable bonds is 7. The summed E-state index contributed by atoms with van der Waals surface area (Å²) in [6.45, 7) is -0.0676. The largest absolute Gasteiger partial charge is 0.459 e. The third-order valence-electron chi connectivity index (χ3n) is 5.09. The number of benzene rings is 2. The second-order valence-corrected chi connectivity index (χ2v) is 7.69. The smallest absolute Gasteiger partial charge is 0.313 e. The van der Waals surface area contributed by atoms with Crippen molar-refractivity contribution >= 4 is 23.2 Å². The molecule has 0 saturated carbocycles. The van der Waals surface area contributed by atoms with Crippen LogP contribution in [0.3, 0.4) is 0 Å². The van der Waals surface area contributed by atoms with Gasteiger partial charge in [-0.2, -0.15) is 0 Å². The SMILES string of the molecule is O=C(OCc1cc(=O)n2cc(Cl)ccc2n1)C(CCc1ccccc1)c1ccccc1. The Morgan fingerprint density at radius 2 is 1.71 bits per heavy atom. The maximum absolute atomic E-state index is 13.0. The molecule has 2 aromatic heterocycles. The Bertz CT molecular complexity index is 1240. The number of hydrogen-bond donors (Lipinski definition) is 0. The van der Waals surface area contributed by atoms with E-state index in [0.29, 0.717) is 22.8 Å². The van der Waals surface area contributed by atoms with Gasteiger partial charge in [0.05, 0.1) is 16.6 Å². The third kappa shape index (κ3) is 5.19. The maximum atomic E-state index is 13.0. The number of carbonyl (C=O) groups is 1. The van der Waals surface area contributed by atoms with Crippen molar-refractivity contribution in [3.05, 3.63) is 117 Å². The lowest BCUT2D eigenvalue weighted by molar-refractivity contribution is -0.147. The molecule has 0 fully saturated rings. The number of hydrogen-bond acceptors (Lipinski definition) is 4. The van der Waals surface area contributed by atoms with E-state index in [0.717, 1.165) is 12.0 Å². The summed E-state index contributed by atoms with van der Waals surface area (Å²) >= 11 is 5.94. The lowest BCUT2D eigenvalue weighted by atomic mass is 9.92. The van der Waals surface area contributed by atoms with Gasteiger partial charge in [-0.05, 0) is 36.1 Å². The predicted molar refractivity (Wildman–Crippen MR) is 120 cm³/mol. The molecular formula is C25H21ClN2O3. The molecule has 2 aromatic carbocycles. The highest BCUT2D eigenvalue weighted by atomic mass is 35.5. The minimum Gasteiger partial charge on any atom is -0.459 e. The number of ether oxygens (including phenoxy) is 1. The fourth-order valence-corrected chi connectivity index (χ4v) is 3.67. The molecule has 0 saturated heterocycles. The molecule has 6 heteroatoms. The number of carbonyl (C=O) groups excluding carboxylic acids is 1. The Morgan fingerprint density at radius 3 is 2.45 bits per heavy atom. The van der Waals surface area contributed by atoms with Crippen molar-refractivity contribution in [2.24, 2.45) is 0 Å². The highest BCUT2D eigenvalue weighted by molar-refractivity contribution is 6.30. The van der Waals surface area contributed by atoms with E-state index in [1.165, 1.54) is 22.2 Å². The first-order valence-electron chi connectivity index (χ1n) is 10.0. The van der Waals surface area contributed by atoms with Crippen LogP contribution in [0.5, 0.6) is 0 Å². The van der Waals surface area contributed by atoms with Crippen LogP contribution in [0.2, 0.25) is 5.02 Å². The first-order chi connectivity index (χ1) is 15.1. The quantitative estimate of drug-likeness (QED) is 0.393. The minimum atomic E-state index is -0.401. The second kappa shape index (κ2) is 9.58. The maximum Gasteiger partial charge on any atom is 0.313 e. The fourth-order valence-electron chi connectivity index (χ4n) is 3.51. The van der Waals surface area contributed by atoms with Gasteiger partial charge in [0, 0.05) is 12.3 Å². The van der Waals surface area contributed by atoms with Crippen molar-refractivity contribution in [2.45, 2.75) is 25.4 Å². The molecule has 1 atom stereocenters. The summed E-state index contributed by atoms with van der Waals surface area (Å²) in [4.78, 5) is 29.7. The zero-order valence-corrected chi connectivity index (χ0v) is 17.5. The first-order valence-corrected chi connectivity index (χ1v) is 10.4. The number of aryl methyl sites for hydroxylation is 1. The van der Waals surface area contributed by atoms with Crippen LogP contribution < -0.4 is 5.56 Å². The zero-order valence-electron chi connectivity index (χ0n) is 16.8.